The highest BCUT2D eigenvalue weighted by Crippen LogP contribution is 2.62. The molecule has 2 rings (SSSR count). The first-order chi connectivity index (χ1) is 8.56. The summed E-state index contributed by atoms with van der Waals surface area (Å²) in [5, 5.41) is 3.15. The second kappa shape index (κ2) is 4.49. The van der Waals surface area contributed by atoms with Crippen LogP contribution < -0.4 is 0 Å². The van der Waals surface area contributed by atoms with Crippen LogP contribution in [0.4, 0.5) is 4.79 Å². The van der Waals surface area contributed by atoms with Crippen LogP contribution in [0.15, 0.2) is 5.11 Å². The Morgan fingerprint density at radius 1 is 1.61 bits per heavy atom. The highest BCUT2D eigenvalue weighted by Gasteiger charge is 2.65. The third-order valence-electron chi connectivity index (χ3n) is 4.18. The van der Waals surface area contributed by atoms with E-state index in [4.69, 9.17) is 10.3 Å². The molecule has 1 spiro atoms. The minimum Gasteiger partial charge on any atom is -0.450 e. The maximum Gasteiger partial charge on any atom is 0.410 e. The summed E-state index contributed by atoms with van der Waals surface area (Å²) in [4.78, 5) is 27.5. The standard InChI is InChI=1S/C11H16N4O3/c1-3-18-10(17)15-5-4-11(7(15)2)6-8(11)9(16)13-14-12/h7-8H,3-6H2,1-2H3. The van der Waals surface area contributed by atoms with Gasteiger partial charge in [0.25, 0.3) is 0 Å². The van der Waals surface area contributed by atoms with E-state index in [2.05, 4.69) is 10.0 Å². The molecule has 0 radical (unpaired) electrons. The van der Waals surface area contributed by atoms with Gasteiger partial charge in [0.05, 0.1) is 6.61 Å². The van der Waals surface area contributed by atoms with E-state index >= 15 is 0 Å². The molecule has 0 aromatic rings. The fraction of sp³-hybridized carbons (Fsp3) is 0.818. The normalized spacial score (nSPS) is 33.1. The predicted octanol–water partition coefficient (Wildman–Crippen LogP) is 2.08. The van der Waals surface area contributed by atoms with E-state index in [1.165, 1.54) is 0 Å². The van der Waals surface area contributed by atoms with E-state index in [1.54, 1.807) is 11.8 Å². The molecule has 3 unspecified atom stereocenters. The highest BCUT2D eigenvalue weighted by atomic mass is 16.6. The van der Waals surface area contributed by atoms with Crippen molar-refractivity contribution in [3.05, 3.63) is 10.4 Å². The van der Waals surface area contributed by atoms with Crippen LogP contribution in [0.2, 0.25) is 0 Å². The third kappa shape index (κ3) is 1.80. The van der Waals surface area contributed by atoms with Gasteiger partial charge < -0.3 is 9.64 Å². The summed E-state index contributed by atoms with van der Waals surface area (Å²) in [7, 11) is 0. The Labute approximate surface area is 105 Å². The van der Waals surface area contributed by atoms with E-state index in [-0.39, 0.29) is 23.5 Å². The lowest BCUT2D eigenvalue weighted by Crippen LogP contribution is -2.37. The Hall–Kier alpha value is -1.75. The number of likely N-dealkylation sites (tertiary alicyclic amines) is 1. The molecule has 2 aliphatic rings. The first kappa shape index (κ1) is 12.7. The molecule has 7 nitrogen and oxygen atoms in total. The van der Waals surface area contributed by atoms with E-state index in [9.17, 15) is 9.59 Å². The van der Waals surface area contributed by atoms with Crippen molar-refractivity contribution < 1.29 is 14.3 Å². The van der Waals surface area contributed by atoms with E-state index < -0.39 is 5.91 Å². The molecule has 1 heterocycles. The molecular weight excluding hydrogens is 236 g/mol. The largest absolute Gasteiger partial charge is 0.450 e. The summed E-state index contributed by atoms with van der Waals surface area (Å²) in [6.45, 7) is 4.63. The van der Waals surface area contributed by atoms with Crippen molar-refractivity contribution in [1.29, 1.82) is 0 Å². The predicted molar refractivity (Wildman–Crippen MR) is 62.5 cm³/mol. The Morgan fingerprint density at radius 2 is 2.33 bits per heavy atom. The summed E-state index contributed by atoms with van der Waals surface area (Å²) in [6.07, 6.45) is 1.13. The minimum absolute atomic E-state index is 0.0422. The highest BCUT2D eigenvalue weighted by molar-refractivity contribution is 5.84. The summed E-state index contributed by atoms with van der Waals surface area (Å²) in [5.74, 6) is -0.641. The lowest BCUT2D eigenvalue weighted by molar-refractivity contribution is -0.120. The van der Waals surface area contributed by atoms with Gasteiger partial charge in [0.15, 0.2) is 0 Å². The van der Waals surface area contributed by atoms with Crippen molar-refractivity contribution >= 4 is 12.0 Å². The molecule has 2 fully saturated rings. The fourth-order valence-corrected chi connectivity index (χ4v) is 3.00. The zero-order chi connectivity index (χ0) is 13.3. The summed E-state index contributed by atoms with van der Waals surface area (Å²) in [6, 6.07) is -0.0422. The van der Waals surface area contributed by atoms with Crippen molar-refractivity contribution in [3.8, 4) is 0 Å². The maximum absolute atomic E-state index is 11.7. The number of hydrogen-bond acceptors (Lipinski definition) is 3. The first-order valence-corrected chi connectivity index (χ1v) is 6.09. The molecule has 7 heteroatoms. The zero-order valence-electron chi connectivity index (χ0n) is 10.5. The van der Waals surface area contributed by atoms with Crippen molar-refractivity contribution in [2.45, 2.75) is 32.7 Å². The van der Waals surface area contributed by atoms with Gasteiger partial charge in [-0.3, -0.25) is 4.79 Å². The quantitative estimate of drug-likeness (QED) is 0.427. The molecule has 1 saturated carbocycles. The lowest BCUT2D eigenvalue weighted by Gasteiger charge is -2.24. The number of hydrogen-bond donors (Lipinski definition) is 0. The molecule has 98 valence electrons. The number of nitrogens with zero attached hydrogens (tertiary/aromatic N) is 4. The fourth-order valence-electron chi connectivity index (χ4n) is 3.00. The zero-order valence-corrected chi connectivity index (χ0v) is 10.5. The Balaban J connectivity index is 2.05. The van der Waals surface area contributed by atoms with Crippen LogP contribution in [0.1, 0.15) is 26.7 Å². The molecule has 3 atom stereocenters. The van der Waals surface area contributed by atoms with Crippen LogP contribution in [0.25, 0.3) is 10.4 Å². The van der Waals surface area contributed by atoms with Crippen LogP contribution in [0.3, 0.4) is 0 Å². The van der Waals surface area contributed by atoms with Crippen molar-refractivity contribution in [1.82, 2.24) is 4.90 Å². The molecular formula is C11H16N4O3. The van der Waals surface area contributed by atoms with Crippen LogP contribution in [-0.2, 0) is 9.53 Å². The molecule has 1 aliphatic heterocycles. The average molecular weight is 252 g/mol. The number of azide groups is 1. The number of amides is 2. The Bertz CT molecular complexity index is 432. The van der Waals surface area contributed by atoms with E-state index in [0.717, 1.165) is 6.42 Å². The Kier molecular flexibility index (Phi) is 3.17. The molecule has 1 aliphatic carbocycles. The van der Waals surface area contributed by atoms with Gasteiger partial charge in [-0.25, -0.2) is 4.79 Å². The molecule has 0 aromatic carbocycles. The van der Waals surface area contributed by atoms with Gasteiger partial charge >= 0.3 is 6.09 Å². The lowest BCUT2D eigenvalue weighted by atomic mass is 9.95. The second-order valence-corrected chi connectivity index (χ2v) is 4.84. The molecule has 18 heavy (non-hydrogen) atoms. The minimum atomic E-state index is -0.407. The number of carbonyl (C=O) groups is 2. The topological polar surface area (TPSA) is 95.4 Å². The summed E-state index contributed by atoms with van der Waals surface area (Å²) < 4.78 is 4.98. The maximum atomic E-state index is 11.7. The summed E-state index contributed by atoms with van der Waals surface area (Å²) >= 11 is 0. The smallest absolute Gasteiger partial charge is 0.410 e. The molecule has 0 bridgehead atoms. The van der Waals surface area contributed by atoms with Gasteiger partial charge in [-0.05, 0) is 37.3 Å². The van der Waals surface area contributed by atoms with Gasteiger partial charge in [-0.2, -0.15) is 0 Å². The van der Waals surface area contributed by atoms with E-state index in [0.29, 0.717) is 19.6 Å². The molecule has 1 saturated heterocycles. The van der Waals surface area contributed by atoms with E-state index in [1.807, 2.05) is 6.92 Å². The van der Waals surface area contributed by atoms with Crippen molar-refractivity contribution in [2.24, 2.45) is 16.4 Å². The van der Waals surface area contributed by atoms with Gasteiger partial charge in [0.2, 0.25) is 5.91 Å². The second-order valence-electron chi connectivity index (χ2n) is 4.84. The van der Waals surface area contributed by atoms with Crippen molar-refractivity contribution in [3.63, 3.8) is 0 Å². The molecule has 0 N–H and O–H groups in total. The van der Waals surface area contributed by atoms with Gasteiger partial charge in [-0.1, -0.05) is 0 Å². The van der Waals surface area contributed by atoms with Crippen LogP contribution in [-0.4, -0.2) is 36.1 Å². The van der Waals surface area contributed by atoms with Crippen LogP contribution >= 0.6 is 0 Å². The summed E-state index contributed by atoms with van der Waals surface area (Å²) in [5.41, 5.74) is 8.08. The SMILES string of the molecule is CCOC(=O)N1CCC2(CC2C(=O)N=[N+]=[N-])C1C. The molecule has 2 amide bonds. The van der Waals surface area contributed by atoms with Gasteiger partial charge in [0, 0.05) is 28.8 Å². The van der Waals surface area contributed by atoms with Crippen LogP contribution in [0, 0.1) is 11.3 Å². The first-order valence-electron chi connectivity index (χ1n) is 6.09. The molecule has 0 aromatic heterocycles. The monoisotopic (exact) mass is 252 g/mol. The van der Waals surface area contributed by atoms with Crippen LogP contribution in [0.5, 0.6) is 0 Å². The number of carbonyl (C=O) groups excluding carboxylic acids is 2. The number of rotatable bonds is 2. The van der Waals surface area contributed by atoms with Gasteiger partial charge in [0.1, 0.15) is 0 Å². The van der Waals surface area contributed by atoms with Gasteiger partial charge in [-0.15, -0.1) is 0 Å². The average Bonchev–Trinajstić information content (AvgIpc) is 2.96. The van der Waals surface area contributed by atoms with Crippen molar-refractivity contribution in [2.75, 3.05) is 13.2 Å². The third-order valence-corrected chi connectivity index (χ3v) is 4.18. The number of ether oxygens (including phenoxy) is 1. The Morgan fingerprint density at radius 3 is 2.94 bits per heavy atom.